The number of hydrogen-bond acceptors (Lipinski definition) is 6. The van der Waals surface area contributed by atoms with Gasteiger partial charge in [-0.1, -0.05) is 51.1 Å². The number of aromatic nitrogens is 2. The first-order valence-corrected chi connectivity index (χ1v) is 11.0. The van der Waals surface area contributed by atoms with E-state index in [1.807, 2.05) is 24.3 Å². The van der Waals surface area contributed by atoms with E-state index in [1.54, 1.807) is 11.8 Å². The van der Waals surface area contributed by atoms with Crippen LogP contribution in [0.4, 0.5) is 0 Å². The largest absolute Gasteiger partial charge is 0.414 e. The minimum Gasteiger partial charge on any atom is -0.414 e. The van der Waals surface area contributed by atoms with Crippen LogP contribution in [-0.2, 0) is 12.0 Å². The molecule has 1 amide bonds. The molecular weight excluding hydrogens is 372 g/mol. The number of carbonyl (C=O) groups is 1. The Kier molecular flexibility index (Phi) is 7.13. The molecule has 0 atom stereocenters. The molecule has 1 aromatic carbocycles. The number of benzene rings is 1. The van der Waals surface area contributed by atoms with Gasteiger partial charge in [-0.15, -0.1) is 10.2 Å². The van der Waals surface area contributed by atoms with E-state index in [9.17, 15) is 4.79 Å². The van der Waals surface area contributed by atoms with Crippen LogP contribution in [-0.4, -0.2) is 46.4 Å². The van der Waals surface area contributed by atoms with Crippen molar-refractivity contribution in [3.8, 4) is 0 Å². The summed E-state index contributed by atoms with van der Waals surface area (Å²) in [5.74, 6) is 1.23. The SMILES string of the molecule is CC(C)(C)c1ccc(C(=O)NCc2nnc(SCCN3CCCCC3)o2)cc1. The first kappa shape index (κ1) is 20.9. The van der Waals surface area contributed by atoms with Crippen LogP contribution >= 0.6 is 11.8 Å². The molecule has 1 aliphatic rings. The van der Waals surface area contributed by atoms with Crippen molar-refractivity contribution in [3.05, 3.63) is 41.3 Å². The van der Waals surface area contributed by atoms with Crippen LogP contribution in [0.3, 0.4) is 0 Å². The highest BCUT2D eigenvalue weighted by Crippen LogP contribution is 2.22. The first-order chi connectivity index (χ1) is 13.4. The Morgan fingerprint density at radius 1 is 1.14 bits per heavy atom. The van der Waals surface area contributed by atoms with Gasteiger partial charge in [-0.3, -0.25) is 4.79 Å². The summed E-state index contributed by atoms with van der Waals surface area (Å²) in [7, 11) is 0. The fourth-order valence-electron chi connectivity index (χ4n) is 3.19. The van der Waals surface area contributed by atoms with Crippen molar-refractivity contribution >= 4 is 17.7 Å². The monoisotopic (exact) mass is 402 g/mol. The smallest absolute Gasteiger partial charge is 0.276 e. The zero-order valence-electron chi connectivity index (χ0n) is 17.0. The molecule has 0 spiro atoms. The zero-order chi connectivity index (χ0) is 20.0. The first-order valence-electron chi connectivity index (χ1n) is 9.98. The standard InChI is InChI=1S/C21H30N4O2S/c1-21(2,3)17-9-7-16(8-10-17)19(26)22-15-18-23-24-20(27-18)28-14-13-25-11-5-4-6-12-25/h7-10H,4-6,11-15H2,1-3H3,(H,22,26). The van der Waals surface area contributed by atoms with E-state index in [2.05, 4.69) is 41.2 Å². The van der Waals surface area contributed by atoms with Crippen molar-refractivity contribution in [3.63, 3.8) is 0 Å². The van der Waals surface area contributed by atoms with Gasteiger partial charge in [-0.05, 0) is 49.0 Å². The lowest BCUT2D eigenvalue weighted by Gasteiger charge is -2.25. The van der Waals surface area contributed by atoms with Crippen LogP contribution in [0.1, 0.15) is 61.8 Å². The molecule has 1 saturated heterocycles. The lowest BCUT2D eigenvalue weighted by Crippen LogP contribution is -2.31. The summed E-state index contributed by atoms with van der Waals surface area (Å²) in [5, 5.41) is 11.5. The van der Waals surface area contributed by atoms with E-state index < -0.39 is 0 Å². The van der Waals surface area contributed by atoms with Crippen molar-refractivity contribution in [1.82, 2.24) is 20.4 Å². The Hall–Kier alpha value is -1.86. The normalized spacial score (nSPS) is 15.5. The van der Waals surface area contributed by atoms with Gasteiger partial charge in [0.15, 0.2) is 0 Å². The van der Waals surface area contributed by atoms with Crippen LogP contribution in [0, 0.1) is 0 Å². The van der Waals surface area contributed by atoms with Crippen LogP contribution in [0.15, 0.2) is 33.9 Å². The fraction of sp³-hybridized carbons (Fsp3) is 0.571. The van der Waals surface area contributed by atoms with Gasteiger partial charge in [0.2, 0.25) is 5.89 Å². The number of amides is 1. The van der Waals surface area contributed by atoms with E-state index in [-0.39, 0.29) is 17.9 Å². The zero-order valence-corrected chi connectivity index (χ0v) is 17.8. The average molecular weight is 403 g/mol. The molecule has 7 heteroatoms. The van der Waals surface area contributed by atoms with E-state index >= 15 is 0 Å². The molecule has 3 rings (SSSR count). The summed E-state index contributed by atoms with van der Waals surface area (Å²) >= 11 is 1.57. The topological polar surface area (TPSA) is 71.3 Å². The molecule has 1 aliphatic heterocycles. The predicted octanol–water partition coefficient (Wildman–Crippen LogP) is 3.88. The summed E-state index contributed by atoms with van der Waals surface area (Å²) in [6, 6.07) is 7.70. The number of thioether (sulfide) groups is 1. The summed E-state index contributed by atoms with van der Waals surface area (Å²) in [6.45, 7) is 10.1. The highest BCUT2D eigenvalue weighted by atomic mass is 32.2. The summed E-state index contributed by atoms with van der Waals surface area (Å²) < 4.78 is 5.63. The van der Waals surface area contributed by atoms with E-state index in [1.165, 1.54) is 37.9 Å². The maximum absolute atomic E-state index is 12.3. The maximum Gasteiger partial charge on any atom is 0.276 e. The van der Waals surface area contributed by atoms with E-state index in [0.29, 0.717) is 16.7 Å². The fourth-order valence-corrected chi connectivity index (χ4v) is 3.97. The van der Waals surface area contributed by atoms with Crippen molar-refractivity contribution in [1.29, 1.82) is 0 Å². The molecule has 0 saturated carbocycles. The number of carbonyl (C=O) groups excluding carboxylic acids is 1. The lowest BCUT2D eigenvalue weighted by atomic mass is 9.87. The molecule has 0 aliphatic carbocycles. The van der Waals surface area contributed by atoms with Gasteiger partial charge < -0.3 is 14.6 Å². The predicted molar refractivity (Wildman–Crippen MR) is 112 cm³/mol. The van der Waals surface area contributed by atoms with Crippen molar-refractivity contribution < 1.29 is 9.21 Å². The Morgan fingerprint density at radius 2 is 1.86 bits per heavy atom. The second-order valence-electron chi connectivity index (χ2n) is 8.22. The molecule has 0 radical (unpaired) electrons. The number of nitrogens with zero attached hydrogens (tertiary/aromatic N) is 3. The van der Waals surface area contributed by atoms with Crippen LogP contribution in [0.25, 0.3) is 0 Å². The number of hydrogen-bond donors (Lipinski definition) is 1. The minimum absolute atomic E-state index is 0.0703. The Morgan fingerprint density at radius 3 is 2.54 bits per heavy atom. The second kappa shape index (κ2) is 9.56. The Labute approximate surface area is 171 Å². The molecule has 2 aromatic rings. The van der Waals surface area contributed by atoms with Gasteiger partial charge in [-0.2, -0.15) is 0 Å². The molecule has 1 N–H and O–H groups in total. The van der Waals surface area contributed by atoms with Crippen molar-refractivity contribution in [2.45, 2.75) is 57.2 Å². The van der Waals surface area contributed by atoms with Gasteiger partial charge in [0.25, 0.3) is 11.1 Å². The molecule has 1 fully saturated rings. The third-order valence-corrected chi connectivity index (χ3v) is 5.74. The molecule has 2 heterocycles. The second-order valence-corrected chi connectivity index (χ2v) is 9.27. The third kappa shape index (κ3) is 6.07. The Bertz CT molecular complexity index is 761. The van der Waals surface area contributed by atoms with Gasteiger partial charge in [-0.25, -0.2) is 0 Å². The number of rotatable bonds is 7. The highest BCUT2D eigenvalue weighted by molar-refractivity contribution is 7.99. The quantitative estimate of drug-likeness (QED) is 0.709. The third-order valence-electron chi connectivity index (χ3n) is 4.94. The van der Waals surface area contributed by atoms with E-state index in [4.69, 9.17) is 4.42 Å². The molecule has 0 unspecified atom stereocenters. The molecule has 0 bridgehead atoms. The van der Waals surface area contributed by atoms with Crippen molar-refractivity contribution in [2.75, 3.05) is 25.4 Å². The molecule has 152 valence electrons. The molecule has 1 aromatic heterocycles. The van der Waals surface area contributed by atoms with Gasteiger partial charge in [0.05, 0.1) is 6.54 Å². The molecule has 6 nitrogen and oxygen atoms in total. The summed E-state index contributed by atoms with van der Waals surface area (Å²) in [4.78, 5) is 14.8. The average Bonchev–Trinajstić information content (AvgIpc) is 3.14. The maximum atomic E-state index is 12.3. The van der Waals surface area contributed by atoms with Crippen molar-refractivity contribution in [2.24, 2.45) is 0 Å². The lowest BCUT2D eigenvalue weighted by molar-refractivity contribution is 0.0946. The van der Waals surface area contributed by atoms with Gasteiger partial charge >= 0.3 is 0 Å². The summed E-state index contributed by atoms with van der Waals surface area (Å²) in [6.07, 6.45) is 3.95. The van der Waals surface area contributed by atoms with Crippen LogP contribution in [0.2, 0.25) is 0 Å². The van der Waals surface area contributed by atoms with E-state index in [0.717, 1.165) is 12.3 Å². The summed E-state index contributed by atoms with van der Waals surface area (Å²) in [5.41, 5.74) is 1.90. The number of piperidine rings is 1. The minimum atomic E-state index is -0.141. The van der Waals surface area contributed by atoms with Gasteiger partial charge in [0.1, 0.15) is 0 Å². The van der Waals surface area contributed by atoms with Crippen LogP contribution in [0.5, 0.6) is 0 Å². The Balaban J connectivity index is 1.42. The molecular formula is C21H30N4O2S. The van der Waals surface area contributed by atoms with Crippen LogP contribution < -0.4 is 5.32 Å². The molecule has 28 heavy (non-hydrogen) atoms. The number of nitrogens with one attached hydrogen (secondary N) is 1. The number of likely N-dealkylation sites (tertiary alicyclic amines) is 1. The van der Waals surface area contributed by atoms with Gasteiger partial charge in [0, 0.05) is 17.9 Å². The highest BCUT2D eigenvalue weighted by Gasteiger charge is 2.15.